The molecule has 0 atom stereocenters. The summed E-state index contributed by atoms with van der Waals surface area (Å²) in [5, 5.41) is 12.4. The highest BCUT2D eigenvalue weighted by molar-refractivity contribution is 5.90. The third-order valence-electron chi connectivity index (χ3n) is 4.10. The summed E-state index contributed by atoms with van der Waals surface area (Å²) in [5.74, 6) is 5.03. The highest BCUT2D eigenvalue weighted by atomic mass is 16.5. The lowest BCUT2D eigenvalue weighted by Crippen LogP contribution is -2.22. The molecule has 150 valence electrons. The predicted molar refractivity (Wildman–Crippen MR) is 107 cm³/mol. The molecule has 0 aliphatic carbocycles. The lowest BCUT2D eigenvalue weighted by Gasteiger charge is -2.11. The standard InChI is InChI=1S/C19H20N6O4/c1-3-4-11-25-14-15(22-18(25)21-10-9-20)23-19(24(2)16(14)26)29-13-8-6-5-7-12(13)17(27)28/h5-8H,9-11,20H2,1-2H3,(H,21,22)(H,27,28). The zero-order valence-electron chi connectivity index (χ0n) is 16.0. The Morgan fingerprint density at radius 2 is 2.10 bits per heavy atom. The number of nitrogens with one attached hydrogen (secondary N) is 1. The van der Waals surface area contributed by atoms with Crippen LogP contribution in [0.5, 0.6) is 11.8 Å². The number of nitrogens with two attached hydrogens (primary N) is 1. The third kappa shape index (κ3) is 3.90. The first-order valence-electron chi connectivity index (χ1n) is 8.79. The summed E-state index contributed by atoms with van der Waals surface area (Å²) in [6, 6.07) is 6.03. The third-order valence-corrected chi connectivity index (χ3v) is 4.10. The lowest BCUT2D eigenvalue weighted by molar-refractivity contribution is 0.0694. The maximum Gasteiger partial charge on any atom is 0.339 e. The van der Waals surface area contributed by atoms with Crippen LogP contribution in [0, 0.1) is 11.8 Å². The van der Waals surface area contributed by atoms with Gasteiger partial charge in [0.25, 0.3) is 5.56 Å². The molecule has 1 aromatic carbocycles. The van der Waals surface area contributed by atoms with E-state index in [-0.39, 0.29) is 35.0 Å². The summed E-state index contributed by atoms with van der Waals surface area (Å²) in [6.07, 6.45) is 0. The van der Waals surface area contributed by atoms with Gasteiger partial charge < -0.3 is 20.9 Å². The summed E-state index contributed by atoms with van der Waals surface area (Å²) in [4.78, 5) is 33.1. The molecule has 0 saturated carbocycles. The predicted octanol–water partition coefficient (Wildman–Crippen LogP) is 1.01. The van der Waals surface area contributed by atoms with Gasteiger partial charge in [0.2, 0.25) is 5.95 Å². The van der Waals surface area contributed by atoms with Crippen LogP contribution in [0.1, 0.15) is 17.3 Å². The van der Waals surface area contributed by atoms with Gasteiger partial charge in [0, 0.05) is 20.1 Å². The number of imidazole rings is 1. The fourth-order valence-corrected chi connectivity index (χ4v) is 2.69. The molecular weight excluding hydrogens is 376 g/mol. The van der Waals surface area contributed by atoms with E-state index in [0.29, 0.717) is 19.0 Å². The number of carbonyl (C=O) groups is 1. The highest BCUT2D eigenvalue weighted by Crippen LogP contribution is 2.25. The number of carboxylic acid groups (broad SMARTS) is 1. The summed E-state index contributed by atoms with van der Waals surface area (Å²) in [7, 11) is 1.49. The number of fused-ring (bicyclic) bond motifs is 1. The number of carboxylic acids is 1. The maximum atomic E-state index is 13.0. The molecule has 2 aromatic heterocycles. The van der Waals surface area contributed by atoms with Gasteiger partial charge in [-0.15, -0.1) is 5.92 Å². The van der Waals surface area contributed by atoms with Crippen LogP contribution in [-0.2, 0) is 13.6 Å². The molecule has 0 fully saturated rings. The Kier molecular flexibility index (Phi) is 5.80. The fraction of sp³-hybridized carbons (Fsp3) is 0.263. The van der Waals surface area contributed by atoms with Crippen molar-refractivity contribution in [3.05, 3.63) is 40.2 Å². The first kappa shape index (κ1) is 19.9. The van der Waals surface area contributed by atoms with E-state index >= 15 is 0 Å². The van der Waals surface area contributed by atoms with Crippen LogP contribution in [0.4, 0.5) is 5.95 Å². The van der Waals surface area contributed by atoms with Gasteiger partial charge in [0.1, 0.15) is 11.3 Å². The number of aromatic carboxylic acids is 1. The van der Waals surface area contributed by atoms with Crippen LogP contribution >= 0.6 is 0 Å². The van der Waals surface area contributed by atoms with E-state index < -0.39 is 11.5 Å². The van der Waals surface area contributed by atoms with Crippen molar-refractivity contribution in [2.45, 2.75) is 13.5 Å². The second-order valence-corrected chi connectivity index (χ2v) is 6.00. The topological polar surface area (TPSA) is 137 Å². The molecule has 0 radical (unpaired) electrons. The van der Waals surface area contributed by atoms with Crippen molar-refractivity contribution in [2.24, 2.45) is 12.8 Å². The van der Waals surface area contributed by atoms with Gasteiger partial charge in [0.15, 0.2) is 11.2 Å². The molecule has 4 N–H and O–H groups in total. The SMILES string of the molecule is CC#CCn1c(NCCN)nc2nc(Oc3ccccc3C(=O)O)n(C)c(=O)c21. The van der Waals surface area contributed by atoms with Crippen molar-refractivity contribution in [3.8, 4) is 23.6 Å². The molecule has 0 spiro atoms. The molecule has 29 heavy (non-hydrogen) atoms. The molecule has 0 amide bonds. The fourth-order valence-electron chi connectivity index (χ4n) is 2.69. The maximum absolute atomic E-state index is 13.0. The van der Waals surface area contributed by atoms with Crippen molar-refractivity contribution in [1.29, 1.82) is 0 Å². The lowest BCUT2D eigenvalue weighted by atomic mass is 10.2. The second-order valence-electron chi connectivity index (χ2n) is 6.00. The molecule has 0 bridgehead atoms. The van der Waals surface area contributed by atoms with Crippen LogP contribution in [0.2, 0.25) is 0 Å². The number of nitrogens with zero attached hydrogens (tertiary/aromatic N) is 4. The van der Waals surface area contributed by atoms with Gasteiger partial charge in [0.05, 0.1) is 6.54 Å². The number of ether oxygens (including phenoxy) is 1. The molecule has 2 heterocycles. The molecule has 3 rings (SSSR count). The van der Waals surface area contributed by atoms with E-state index in [1.807, 2.05) is 0 Å². The van der Waals surface area contributed by atoms with E-state index in [1.54, 1.807) is 23.6 Å². The Morgan fingerprint density at radius 3 is 2.79 bits per heavy atom. The summed E-state index contributed by atoms with van der Waals surface area (Å²) < 4.78 is 8.49. The minimum absolute atomic E-state index is 0.0455. The monoisotopic (exact) mass is 396 g/mol. The summed E-state index contributed by atoms with van der Waals surface area (Å²) in [5.41, 5.74) is 5.52. The number of para-hydroxylation sites is 1. The van der Waals surface area contributed by atoms with Gasteiger partial charge in [-0.2, -0.15) is 9.97 Å². The number of hydrogen-bond acceptors (Lipinski definition) is 7. The minimum Gasteiger partial charge on any atom is -0.478 e. The summed E-state index contributed by atoms with van der Waals surface area (Å²) in [6.45, 7) is 2.79. The number of rotatable bonds is 7. The number of hydrogen-bond donors (Lipinski definition) is 3. The number of benzene rings is 1. The molecule has 0 unspecified atom stereocenters. The first-order valence-corrected chi connectivity index (χ1v) is 8.79. The van der Waals surface area contributed by atoms with Crippen LogP contribution in [0.15, 0.2) is 29.1 Å². The van der Waals surface area contributed by atoms with Gasteiger partial charge in [-0.3, -0.25) is 13.9 Å². The van der Waals surface area contributed by atoms with Crippen LogP contribution in [0.25, 0.3) is 11.2 Å². The van der Waals surface area contributed by atoms with E-state index in [9.17, 15) is 14.7 Å². The average Bonchev–Trinajstić information content (AvgIpc) is 3.06. The molecule has 0 saturated heterocycles. The van der Waals surface area contributed by atoms with Crippen molar-refractivity contribution in [3.63, 3.8) is 0 Å². The Hall–Kier alpha value is -3.84. The van der Waals surface area contributed by atoms with Gasteiger partial charge >= 0.3 is 12.0 Å². The summed E-state index contributed by atoms with van der Waals surface area (Å²) >= 11 is 0. The van der Waals surface area contributed by atoms with Crippen molar-refractivity contribution >= 4 is 23.1 Å². The Labute approximate surface area is 165 Å². The van der Waals surface area contributed by atoms with E-state index in [1.165, 1.54) is 23.7 Å². The largest absolute Gasteiger partial charge is 0.478 e. The van der Waals surface area contributed by atoms with E-state index in [4.69, 9.17) is 10.5 Å². The average molecular weight is 396 g/mol. The van der Waals surface area contributed by atoms with Crippen LogP contribution in [-0.4, -0.2) is 43.3 Å². The normalized spacial score (nSPS) is 10.4. The quantitative estimate of drug-likeness (QED) is 0.503. The molecule has 10 nitrogen and oxygen atoms in total. The van der Waals surface area contributed by atoms with Gasteiger partial charge in [-0.25, -0.2) is 4.79 Å². The molecule has 3 aromatic rings. The Balaban J connectivity index is 2.14. The Morgan fingerprint density at radius 1 is 1.34 bits per heavy atom. The first-order chi connectivity index (χ1) is 14.0. The minimum atomic E-state index is -1.15. The van der Waals surface area contributed by atoms with Crippen molar-refractivity contribution in [2.75, 3.05) is 18.4 Å². The van der Waals surface area contributed by atoms with Crippen LogP contribution < -0.4 is 21.3 Å². The van der Waals surface area contributed by atoms with E-state index in [2.05, 4.69) is 27.1 Å². The number of anilines is 1. The molecule has 0 aliphatic rings. The van der Waals surface area contributed by atoms with E-state index in [0.717, 1.165) is 0 Å². The van der Waals surface area contributed by atoms with Gasteiger partial charge in [-0.05, 0) is 19.1 Å². The zero-order chi connectivity index (χ0) is 21.0. The smallest absolute Gasteiger partial charge is 0.339 e. The van der Waals surface area contributed by atoms with Crippen LogP contribution in [0.3, 0.4) is 0 Å². The van der Waals surface area contributed by atoms with Crippen molar-refractivity contribution < 1.29 is 14.6 Å². The number of aromatic nitrogens is 4. The molecule has 0 aliphatic heterocycles. The highest BCUT2D eigenvalue weighted by Gasteiger charge is 2.20. The molecular formula is C19H20N6O4. The molecule has 10 heteroatoms. The van der Waals surface area contributed by atoms with Gasteiger partial charge in [-0.1, -0.05) is 18.1 Å². The Bertz CT molecular complexity index is 1190. The van der Waals surface area contributed by atoms with Crippen molar-refractivity contribution in [1.82, 2.24) is 19.1 Å². The zero-order valence-corrected chi connectivity index (χ0v) is 16.0. The second kappa shape index (κ2) is 8.45.